The molecule has 1 atom stereocenters. The summed E-state index contributed by atoms with van der Waals surface area (Å²) in [5.41, 5.74) is -0.476. The summed E-state index contributed by atoms with van der Waals surface area (Å²) in [5.74, 6) is 0.114. The third-order valence-corrected chi connectivity index (χ3v) is 4.99. The maximum Gasteiger partial charge on any atom is 0.325 e. The molecule has 1 unspecified atom stereocenters. The van der Waals surface area contributed by atoms with Crippen LogP contribution in [0.5, 0.6) is 0 Å². The van der Waals surface area contributed by atoms with Gasteiger partial charge in [-0.3, -0.25) is 9.69 Å². The number of imide groups is 1. The van der Waals surface area contributed by atoms with E-state index in [-0.39, 0.29) is 29.8 Å². The van der Waals surface area contributed by atoms with Crippen LogP contribution in [-0.2, 0) is 4.79 Å². The third kappa shape index (κ3) is 2.90. The van der Waals surface area contributed by atoms with Crippen molar-refractivity contribution < 1.29 is 9.59 Å². The van der Waals surface area contributed by atoms with Crippen LogP contribution < -0.4 is 5.32 Å². The highest BCUT2D eigenvalue weighted by molar-refractivity contribution is 6.07. The molecule has 5 nitrogen and oxygen atoms in total. The molecule has 0 bridgehead atoms. The molecule has 1 saturated carbocycles. The molecular formula is C16H25N3O2. The number of hydrogen-bond donors (Lipinski definition) is 1. The van der Waals surface area contributed by atoms with Crippen LogP contribution in [0.25, 0.3) is 0 Å². The molecule has 1 saturated heterocycles. The van der Waals surface area contributed by atoms with Gasteiger partial charge in [-0.05, 0) is 43.9 Å². The minimum absolute atomic E-state index is 0.137. The Morgan fingerprint density at radius 1 is 1.38 bits per heavy atom. The van der Waals surface area contributed by atoms with E-state index in [4.69, 9.17) is 5.26 Å². The van der Waals surface area contributed by atoms with E-state index >= 15 is 0 Å². The van der Waals surface area contributed by atoms with Gasteiger partial charge in [-0.2, -0.15) is 5.26 Å². The zero-order valence-electron chi connectivity index (χ0n) is 13.4. The number of nitrogens with zero attached hydrogens (tertiary/aromatic N) is 2. The summed E-state index contributed by atoms with van der Waals surface area (Å²) >= 11 is 0. The first-order valence-corrected chi connectivity index (χ1v) is 7.73. The normalized spacial score (nSPS) is 31.2. The number of urea groups is 1. The molecule has 116 valence electrons. The van der Waals surface area contributed by atoms with Gasteiger partial charge >= 0.3 is 6.03 Å². The largest absolute Gasteiger partial charge is 0.325 e. The van der Waals surface area contributed by atoms with Crippen LogP contribution in [0, 0.1) is 28.6 Å². The standard InChI is InChI=1S/C16H25N3O2/c1-11(9-17)10-19-13(20)16(18-14(19)21)7-5-12(6-8-16)15(2,3)4/h11-12H,5-8,10H2,1-4H3,(H,18,21). The Hall–Kier alpha value is -1.57. The molecule has 0 aromatic carbocycles. The predicted octanol–water partition coefficient (Wildman–Crippen LogP) is 2.67. The van der Waals surface area contributed by atoms with E-state index < -0.39 is 5.54 Å². The first-order valence-electron chi connectivity index (χ1n) is 7.73. The van der Waals surface area contributed by atoms with Gasteiger partial charge in [0.2, 0.25) is 0 Å². The first-order chi connectivity index (χ1) is 9.69. The molecular weight excluding hydrogens is 266 g/mol. The lowest BCUT2D eigenvalue weighted by molar-refractivity contribution is -0.133. The zero-order valence-corrected chi connectivity index (χ0v) is 13.4. The molecule has 0 radical (unpaired) electrons. The molecule has 1 aliphatic carbocycles. The Morgan fingerprint density at radius 3 is 2.43 bits per heavy atom. The number of nitriles is 1. The van der Waals surface area contributed by atoms with Crippen molar-refractivity contribution in [3.05, 3.63) is 0 Å². The third-order valence-electron chi connectivity index (χ3n) is 4.99. The van der Waals surface area contributed by atoms with Crippen molar-refractivity contribution >= 4 is 11.9 Å². The van der Waals surface area contributed by atoms with Crippen molar-refractivity contribution in [3.8, 4) is 6.07 Å². The van der Waals surface area contributed by atoms with E-state index in [1.54, 1.807) is 6.92 Å². The second kappa shape index (κ2) is 5.32. The molecule has 2 aliphatic rings. The summed E-state index contributed by atoms with van der Waals surface area (Å²) in [5, 5.41) is 11.8. The minimum atomic E-state index is -0.714. The number of carbonyl (C=O) groups is 2. The number of rotatable bonds is 2. The molecule has 1 spiro atoms. The highest BCUT2D eigenvalue weighted by atomic mass is 16.2. The van der Waals surface area contributed by atoms with E-state index in [2.05, 4.69) is 32.2 Å². The molecule has 3 amide bonds. The average molecular weight is 291 g/mol. The van der Waals surface area contributed by atoms with E-state index in [9.17, 15) is 9.59 Å². The van der Waals surface area contributed by atoms with Gasteiger partial charge in [0, 0.05) is 6.54 Å². The molecule has 1 heterocycles. The summed E-state index contributed by atoms with van der Waals surface area (Å²) in [6.45, 7) is 8.59. The van der Waals surface area contributed by atoms with Crippen molar-refractivity contribution in [2.45, 2.75) is 58.9 Å². The SMILES string of the molecule is CC(C#N)CN1C(=O)NC2(CCC(C(C)(C)C)CC2)C1=O. The summed E-state index contributed by atoms with van der Waals surface area (Å²) in [7, 11) is 0. The zero-order chi connectivity index (χ0) is 15.8. The van der Waals surface area contributed by atoms with Gasteiger partial charge in [-0.1, -0.05) is 20.8 Å². The topological polar surface area (TPSA) is 73.2 Å². The summed E-state index contributed by atoms with van der Waals surface area (Å²) in [6, 6.07) is 1.74. The Labute approximate surface area is 126 Å². The summed E-state index contributed by atoms with van der Waals surface area (Å²) in [6.07, 6.45) is 3.32. The van der Waals surface area contributed by atoms with E-state index in [1.807, 2.05) is 0 Å². The lowest BCUT2D eigenvalue weighted by Crippen LogP contribution is -2.50. The van der Waals surface area contributed by atoms with Crippen molar-refractivity contribution in [1.29, 1.82) is 5.26 Å². The molecule has 1 aliphatic heterocycles. The minimum Gasteiger partial charge on any atom is -0.323 e. The summed E-state index contributed by atoms with van der Waals surface area (Å²) < 4.78 is 0. The Morgan fingerprint density at radius 2 is 1.95 bits per heavy atom. The Kier molecular flexibility index (Phi) is 4.01. The molecule has 2 fully saturated rings. The van der Waals surface area contributed by atoms with Crippen molar-refractivity contribution in [2.24, 2.45) is 17.3 Å². The molecule has 0 aromatic rings. The van der Waals surface area contributed by atoms with Gasteiger partial charge in [0.25, 0.3) is 5.91 Å². The van der Waals surface area contributed by atoms with Crippen LogP contribution in [0.15, 0.2) is 0 Å². The van der Waals surface area contributed by atoms with Gasteiger partial charge in [0.1, 0.15) is 5.54 Å². The number of amides is 3. The maximum atomic E-state index is 12.6. The van der Waals surface area contributed by atoms with Gasteiger partial charge in [0.15, 0.2) is 0 Å². The van der Waals surface area contributed by atoms with E-state index in [0.717, 1.165) is 12.8 Å². The lowest BCUT2D eigenvalue weighted by atomic mass is 9.67. The number of hydrogen-bond acceptors (Lipinski definition) is 3. The molecule has 21 heavy (non-hydrogen) atoms. The fourth-order valence-electron chi connectivity index (χ4n) is 3.47. The van der Waals surface area contributed by atoms with Crippen molar-refractivity contribution in [3.63, 3.8) is 0 Å². The molecule has 5 heteroatoms. The van der Waals surface area contributed by atoms with Gasteiger partial charge in [-0.25, -0.2) is 4.79 Å². The van der Waals surface area contributed by atoms with E-state index in [0.29, 0.717) is 18.8 Å². The Bertz CT molecular complexity index is 479. The van der Waals surface area contributed by atoms with Gasteiger partial charge in [0.05, 0.1) is 12.0 Å². The van der Waals surface area contributed by atoms with E-state index in [1.165, 1.54) is 4.90 Å². The van der Waals surface area contributed by atoms with Crippen molar-refractivity contribution in [1.82, 2.24) is 10.2 Å². The molecule has 0 aromatic heterocycles. The van der Waals surface area contributed by atoms with Gasteiger partial charge in [-0.15, -0.1) is 0 Å². The monoisotopic (exact) mass is 291 g/mol. The maximum absolute atomic E-state index is 12.6. The quantitative estimate of drug-likeness (QED) is 0.795. The van der Waals surface area contributed by atoms with Crippen molar-refractivity contribution in [2.75, 3.05) is 6.54 Å². The highest BCUT2D eigenvalue weighted by Gasteiger charge is 2.53. The lowest BCUT2D eigenvalue weighted by Gasteiger charge is -2.40. The van der Waals surface area contributed by atoms with Crippen LogP contribution in [0.3, 0.4) is 0 Å². The van der Waals surface area contributed by atoms with Crippen LogP contribution >= 0.6 is 0 Å². The van der Waals surface area contributed by atoms with Crippen LogP contribution in [0.4, 0.5) is 4.79 Å². The Balaban J connectivity index is 2.08. The number of carbonyl (C=O) groups excluding carboxylic acids is 2. The summed E-state index contributed by atoms with van der Waals surface area (Å²) in [4.78, 5) is 25.9. The second-order valence-corrected chi connectivity index (χ2v) is 7.60. The van der Waals surface area contributed by atoms with Crippen LogP contribution in [-0.4, -0.2) is 28.9 Å². The second-order valence-electron chi connectivity index (χ2n) is 7.60. The fourth-order valence-corrected chi connectivity index (χ4v) is 3.47. The smallest absolute Gasteiger partial charge is 0.323 e. The predicted molar refractivity (Wildman–Crippen MR) is 79.2 cm³/mol. The average Bonchev–Trinajstić information content (AvgIpc) is 2.63. The fraction of sp³-hybridized carbons (Fsp3) is 0.812. The molecule has 1 N–H and O–H groups in total. The first kappa shape index (κ1) is 15.8. The number of nitrogens with one attached hydrogen (secondary N) is 1. The van der Waals surface area contributed by atoms with Crippen LogP contribution in [0.2, 0.25) is 0 Å². The highest BCUT2D eigenvalue weighted by Crippen LogP contribution is 2.43. The molecule has 2 rings (SSSR count). The van der Waals surface area contributed by atoms with Gasteiger partial charge < -0.3 is 5.32 Å². The van der Waals surface area contributed by atoms with Crippen LogP contribution in [0.1, 0.15) is 53.4 Å².